The minimum Gasteiger partial charge on any atom is -0.397 e. The second-order valence-electron chi connectivity index (χ2n) is 5.14. The molecule has 2 saturated carbocycles. The molecule has 1 aromatic rings. The van der Waals surface area contributed by atoms with Gasteiger partial charge < -0.3 is 16.4 Å². The second-order valence-corrected chi connectivity index (χ2v) is 6.16. The Hall–Kier alpha value is -1.23. The molecule has 0 bridgehead atoms. The fourth-order valence-corrected chi connectivity index (χ4v) is 3.36. The zero-order valence-corrected chi connectivity index (χ0v) is 11.4. The van der Waals surface area contributed by atoms with Crippen molar-refractivity contribution in [2.45, 2.75) is 44.6 Å². The Bertz CT molecular complexity index is 475. The first-order chi connectivity index (χ1) is 8.70. The molecule has 0 spiro atoms. The number of thiophene rings is 1. The molecule has 0 aromatic carbocycles. The summed E-state index contributed by atoms with van der Waals surface area (Å²) in [5, 5.41) is 7.50. The van der Waals surface area contributed by atoms with Crippen LogP contribution < -0.4 is 16.4 Å². The van der Waals surface area contributed by atoms with Crippen molar-refractivity contribution in [1.82, 2.24) is 5.32 Å². The molecule has 3 rings (SSSR count). The van der Waals surface area contributed by atoms with Crippen molar-refractivity contribution in [1.29, 1.82) is 0 Å². The molecule has 2 aliphatic rings. The third-order valence-electron chi connectivity index (χ3n) is 3.43. The lowest BCUT2D eigenvalue weighted by Gasteiger charge is -2.05. The SMILES string of the molecule is CCNC(=O)c1sc(NC2CC2)c(C2CC2)c1N. The molecule has 2 aliphatic carbocycles. The van der Waals surface area contributed by atoms with Gasteiger partial charge in [0.1, 0.15) is 4.88 Å². The van der Waals surface area contributed by atoms with E-state index in [-0.39, 0.29) is 5.91 Å². The van der Waals surface area contributed by atoms with Gasteiger partial charge in [0.05, 0.1) is 10.7 Å². The van der Waals surface area contributed by atoms with Gasteiger partial charge in [0.2, 0.25) is 0 Å². The number of hydrogen-bond donors (Lipinski definition) is 3. The van der Waals surface area contributed by atoms with E-state index in [1.165, 1.54) is 42.6 Å². The van der Waals surface area contributed by atoms with Crippen LogP contribution in [0.3, 0.4) is 0 Å². The lowest BCUT2D eigenvalue weighted by molar-refractivity contribution is 0.0960. The molecule has 1 amide bonds. The van der Waals surface area contributed by atoms with Gasteiger partial charge >= 0.3 is 0 Å². The minimum atomic E-state index is -0.0363. The first-order valence-electron chi connectivity index (χ1n) is 6.67. The molecule has 0 saturated heterocycles. The highest BCUT2D eigenvalue weighted by Crippen LogP contribution is 2.51. The number of carbonyl (C=O) groups excluding carboxylic acids is 1. The largest absolute Gasteiger partial charge is 0.397 e. The number of rotatable bonds is 5. The second kappa shape index (κ2) is 4.46. The Balaban J connectivity index is 1.91. The van der Waals surface area contributed by atoms with Crippen LogP contribution in [0.1, 0.15) is 53.8 Å². The molecule has 4 nitrogen and oxygen atoms in total. The summed E-state index contributed by atoms with van der Waals surface area (Å²) in [7, 11) is 0. The number of nitrogen functional groups attached to an aromatic ring is 1. The molecule has 2 fully saturated rings. The summed E-state index contributed by atoms with van der Waals surface area (Å²) in [5.74, 6) is 0.538. The number of carbonyl (C=O) groups is 1. The van der Waals surface area contributed by atoms with E-state index in [1.54, 1.807) is 0 Å². The Labute approximate surface area is 111 Å². The number of anilines is 2. The van der Waals surface area contributed by atoms with Gasteiger partial charge in [-0.1, -0.05) is 0 Å². The van der Waals surface area contributed by atoms with E-state index in [9.17, 15) is 4.79 Å². The van der Waals surface area contributed by atoms with Crippen LogP contribution in [0, 0.1) is 0 Å². The quantitative estimate of drug-likeness (QED) is 0.766. The first-order valence-corrected chi connectivity index (χ1v) is 7.49. The smallest absolute Gasteiger partial charge is 0.263 e. The van der Waals surface area contributed by atoms with Crippen LogP contribution in [-0.4, -0.2) is 18.5 Å². The van der Waals surface area contributed by atoms with E-state index in [4.69, 9.17) is 5.73 Å². The summed E-state index contributed by atoms with van der Waals surface area (Å²) >= 11 is 1.52. The van der Waals surface area contributed by atoms with Crippen LogP contribution in [0.5, 0.6) is 0 Å². The van der Waals surface area contributed by atoms with Gasteiger partial charge in [-0.3, -0.25) is 4.79 Å². The molecule has 0 aliphatic heterocycles. The van der Waals surface area contributed by atoms with Crippen molar-refractivity contribution in [3.8, 4) is 0 Å². The van der Waals surface area contributed by atoms with Crippen molar-refractivity contribution in [3.05, 3.63) is 10.4 Å². The molecule has 1 aromatic heterocycles. The summed E-state index contributed by atoms with van der Waals surface area (Å²) in [5.41, 5.74) is 8.09. The molecule has 98 valence electrons. The van der Waals surface area contributed by atoms with Crippen molar-refractivity contribution >= 4 is 27.9 Å². The highest BCUT2D eigenvalue weighted by Gasteiger charge is 2.34. The Morgan fingerprint density at radius 3 is 2.67 bits per heavy atom. The van der Waals surface area contributed by atoms with Crippen molar-refractivity contribution in [2.24, 2.45) is 0 Å². The molecule has 1 heterocycles. The van der Waals surface area contributed by atoms with E-state index < -0.39 is 0 Å². The minimum absolute atomic E-state index is 0.0363. The van der Waals surface area contributed by atoms with E-state index >= 15 is 0 Å². The van der Waals surface area contributed by atoms with Gasteiger partial charge in [-0.2, -0.15) is 0 Å². The van der Waals surface area contributed by atoms with Gasteiger partial charge in [-0.25, -0.2) is 0 Å². The third-order valence-corrected chi connectivity index (χ3v) is 4.58. The van der Waals surface area contributed by atoms with Gasteiger partial charge in [0.25, 0.3) is 5.91 Å². The number of amides is 1. The summed E-state index contributed by atoms with van der Waals surface area (Å²) in [6.07, 6.45) is 4.88. The predicted octanol–water partition coefficient (Wildman–Crippen LogP) is 2.53. The summed E-state index contributed by atoms with van der Waals surface area (Å²) in [6.45, 7) is 2.56. The van der Waals surface area contributed by atoms with Crippen molar-refractivity contribution < 1.29 is 4.79 Å². The van der Waals surface area contributed by atoms with Gasteiger partial charge in [-0.15, -0.1) is 11.3 Å². The third kappa shape index (κ3) is 2.19. The summed E-state index contributed by atoms with van der Waals surface area (Å²) < 4.78 is 0. The average molecular weight is 265 g/mol. The predicted molar refractivity (Wildman–Crippen MR) is 75.4 cm³/mol. The molecule has 4 N–H and O–H groups in total. The van der Waals surface area contributed by atoms with Crippen LogP contribution in [0.2, 0.25) is 0 Å². The topological polar surface area (TPSA) is 67.2 Å². The van der Waals surface area contributed by atoms with E-state index in [2.05, 4.69) is 10.6 Å². The Morgan fingerprint density at radius 2 is 2.11 bits per heavy atom. The van der Waals surface area contributed by atoms with Crippen molar-refractivity contribution in [3.63, 3.8) is 0 Å². The molecule has 0 unspecified atom stereocenters. The fourth-order valence-electron chi connectivity index (χ4n) is 2.16. The van der Waals surface area contributed by atoms with E-state index in [1.807, 2.05) is 6.92 Å². The molecular formula is C13H19N3OS. The highest BCUT2D eigenvalue weighted by atomic mass is 32.1. The number of hydrogen-bond acceptors (Lipinski definition) is 4. The number of nitrogens with one attached hydrogen (secondary N) is 2. The molecule has 18 heavy (non-hydrogen) atoms. The van der Waals surface area contributed by atoms with Crippen LogP contribution in [0.4, 0.5) is 10.7 Å². The zero-order chi connectivity index (χ0) is 12.7. The molecular weight excluding hydrogens is 246 g/mol. The molecule has 0 radical (unpaired) electrons. The van der Waals surface area contributed by atoms with Crippen molar-refractivity contribution in [2.75, 3.05) is 17.6 Å². The van der Waals surface area contributed by atoms with Crippen LogP contribution in [0.15, 0.2) is 0 Å². The first kappa shape index (κ1) is 11.8. The molecule has 0 atom stereocenters. The van der Waals surface area contributed by atoms with Crippen LogP contribution >= 0.6 is 11.3 Å². The maximum absolute atomic E-state index is 12.0. The van der Waals surface area contributed by atoms with Crippen LogP contribution in [0.25, 0.3) is 0 Å². The monoisotopic (exact) mass is 265 g/mol. The summed E-state index contributed by atoms with van der Waals surface area (Å²) in [4.78, 5) is 12.6. The van der Waals surface area contributed by atoms with Gasteiger partial charge in [0.15, 0.2) is 0 Å². The highest BCUT2D eigenvalue weighted by molar-refractivity contribution is 7.18. The van der Waals surface area contributed by atoms with Crippen LogP contribution in [-0.2, 0) is 0 Å². The summed E-state index contributed by atoms with van der Waals surface area (Å²) in [6, 6.07) is 0.600. The Kier molecular flexibility index (Phi) is 2.93. The lowest BCUT2D eigenvalue weighted by Crippen LogP contribution is -2.22. The average Bonchev–Trinajstić information content (AvgIpc) is 3.21. The van der Waals surface area contributed by atoms with Gasteiger partial charge in [0, 0.05) is 18.2 Å². The Morgan fingerprint density at radius 1 is 1.39 bits per heavy atom. The van der Waals surface area contributed by atoms with E-state index in [0.717, 1.165) is 5.00 Å². The fraction of sp³-hybridized carbons (Fsp3) is 0.615. The maximum Gasteiger partial charge on any atom is 0.263 e. The number of nitrogens with two attached hydrogens (primary N) is 1. The zero-order valence-electron chi connectivity index (χ0n) is 10.6. The standard InChI is InChI=1S/C13H19N3OS/c1-2-15-12(17)11-10(14)9(7-3-4-7)13(18-11)16-8-5-6-8/h7-8,16H,2-6,14H2,1H3,(H,15,17). The van der Waals surface area contributed by atoms with Gasteiger partial charge in [-0.05, 0) is 38.5 Å². The molecule has 5 heteroatoms. The maximum atomic E-state index is 12.0. The normalized spacial score (nSPS) is 18.7. The van der Waals surface area contributed by atoms with E-state index in [0.29, 0.717) is 29.1 Å². The lowest BCUT2D eigenvalue weighted by atomic mass is 10.1.